The number of nitrogens with two attached hydrogens (primary N) is 1. The minimum absolute atomic E-state index is 0.545. The molecule has 2 aliphatic heterocycles. The van der Waals surface area contributed by atoms with E-state index in [0.29, 0.717) is 5.82 Å². The van der Waals surface area contributed by atoms with Crippen molar-refractivity contribution < 1.29 is 0 Å². The number of fused-ring (bicyclic) bond motifs is 1. The Hall–Kier alpha value is -1.51. The smallest absolute Gasteiger partial charge is 0.126 e. The summed E-state index contributed by atoms with van der Waals surface area (Å²) in [6.45, 7) is 0. The standard InChI is InChI=1S/C8H8N3/c1-11-4-2-3-6-7(11)5-8(9)10-6/h2-5H,1H2,(H2,9,10). The van der Waals surface area contributed by atoms with Gasteiger partial charge in [-0.3, -0.25) is 0 Å². The van der Waals surface area contributed by atoms with Crippen molar-refractivity contribution in [1.29, 1.82) is 0 Å². The van der Waals surface area contributed by atoms with Gasteiger partial charge in [-0.1, -0.05) is 0 Å². The van der Waals surface area contributed by atoms with Crippen LogP contribution in [0.15, 0.2) is 24.4 Å². The number of aromatic nitrogens is 2. The van der Waals surface area contributed by atoms with Gasteiger partial charge in [0.05, 0.1) is 11.4 Å². The van der Waals surface area contributed by atoms with E-state index in [1.807, 2.05) is 24.4 Å². The molecule has 3 nitrogen and oxygen atoms in total. The van der Waals surface area contributed by atoms with Crippen molar-refractivity contribution >= 4 is 5.82 Å². The number of hydrogen-bond donors (Lipinski definition) is 1. The third-order valence-corrected chi connectivity index (χ3v) is 1.63. The van der Waals surface area contributed by atoms with Crippen molar-refractivity contribution in [1.82, 2.24) is 9.55 Å². The van der Waals surface area contributed by atoms with E-state index in [-0.39, 0.29) is 0 Å². The van der Waals surface area contributed by atoms with Crippen molar-refractivity contribution in [3.63, 3.8) is 0 Å². The summed E-state index contributed by atoms with van der Waals surface area (Å²) in [5, 5.41) is 0. The molecule has 2 aliphatic rings. The number of pyridine rings is 1. The largest absolute Gasteiger partial charge is 0.384 e. The van der Waals surface area contributed by atoms with Crippen molar-refractivity contribution in [2.45, 2.75) is 0 Å². The molecule has 11 heavy (non-hydrogen) atoms. The lowest BCUT2D eigenvalue weighted by atomic mass is 10.3. The zero-order chi connectivity index (χ0) is 7.84. The average molecular weight is 146 g/mol. The third kappa shape index (κ3) is 0.852. The van der Waals surface area contributed by atoms with Crippen LogP contribution in [-0.2, 0) is 0 Å². The van der Waals surface area contributed by atoms with Crippen molar-refractivity contribution in [3.05, 3.63) is 31.4 Å². The van der Waals surface area contributed by atoms with E-state index in [9.17, 15) is 0 Å². The molecular formula is C8H8N3. The monoisotopic (exact) mass is 146 g/mol. The lowest BCUT2D eigenvalue weighted by Gasteiger charge is -2.02. The van der Waals surface area contributed by atoms with E-state index in [1.54, 1.807) is 4.57 Å². The molecule has 2 heterocycles. The molecule has 0 aliphatic carbocycles. The van der Waals surface area contributed by atoms with Gasteiger partial charge in [-0.2, -0.15) is 0 Å². The van der Waals surface area contributed by atoms with Crippen molar-refractivity contribution in [3.8, 4) is 11.4 Å². The minimum atomic E-state index is 0.545. The highest BCUT2D eigenvalue weighted by molar-refractivity contribution is 5.63. The minimum Gasteiger partial charge on any atom is -0.384 e. The third-order valence-electron chi connectivity index (χ3n) is 1.63. The summed E-state index contributed by atoms with van der Waals surface area (Å²) in [6.07, 6.45) is 1.86. The second-order valence-electron chi connectivity index (χ2n) is 2.43. The number of rotatable bonds is 0. The molecule has 0 aromatic carbocycles. The van der Waals surface area contributed by atoms with Crippen LogP contribution < -0.4 is 5.73 Å². The van der Waals surface area contributed by atoms with Crippen LogP contribution in [0.4, 0.5) is 5.82 Å². The van der Waals surface area contributed by atoms with E-state index in [0.717, 1.165) is 11.4 Å². The van der Waals surface area contributed by atoms with Crippen LogP contribution in [0.25, 0.3) is 11.4 Å². The zero-order valence-electron chi connectivity index (χ0n) is 5.99. The maximum atomic E-state index is 5.51. The molecule has 0 spiro atoms. The number of nitrogens with zero attached hydrogens (tertiary/aromatic N) is 2. The molecule has 0 unspecified atom stereocenters. The van der Waals surface area contributed by atoms with Gasteiger partial charge in [0, 0.05) is 19.3 Å². The predicted molar refractivity (Wildman–Crippen MR) is 44.0 cm³/mol. The Morgan fingerprint density at radius 2 is 2.36 bits per heavy atom. The molecule has 0 atom stereocenters. The first kappa shape index (κ1) is 6.22. The van der Waals surface area contributed by atoms with Crippen LogP contribution in [0, 0.1) is 7.05 Å². The summed E-state index contributed by atoms with van der Waals surface area (Å²) in [5.74, 6) is 0.545. The maximum Gasteiger partial charge on any atom is 0.126 e. The molecule has 0 saturated heterocycles. The Balaban J connectivity index is 2.78. The van der Waals surface area contributed by atoms with Crippen LogP contribution in [0.5, 0.6) is 0 Å². The van der Waals surface area contributed by atoms with Crippen LogP contribution in [0.1, 0.15) is 0 Å². The molecule has 0 saturated carbocycles. The summed E-state index contributed by atoms with van der Waals surface area (Å²) in [4.78, 5) is 4.09. The van der Waals surface area contributed by atoms with Gasteiger partial charge in [0.1, 0.15) is 5.82 Å². The van der Waals surface area contributed by atoms with Crippen LogP contribution in [-0.4, -0.2) is 9.55 Å². The normalized spacial score (nSPS) is 10.6. The lowest BCUT2D eigenvalue weighted by molar-refractivity contribution is 1.06. The lowest BCUT2D eigenvalue weighted by Crippen LogP contribution is -1.90. The van der Waals surface area contributed by atoms with E-state index >= 15 is 0 Å². The number of hydrogen-bond acceptors (Lipinski definition) is 2. The van der Waals surface area contributed by atoms with Gasteiger partial charge in [-0.15, -0.1) is 0 Å². The molecule has 2 rings (SSSR count). The van der Waals surface area contributed by atoms with Gasteiger partial charge < -0.3 is 10.3 Å². The Bertz CT molecular complexity index is 351. The molecule has 0 fully saturated rings. The first-order chi connectivity index (χ1) is 5.27. The highest BCUT2D eigenvalue weighted by Crippen LogP contribution is 2.22. The molecular weight excluding hydrogens is 138 g/mol. The molecule has 0 bridgehead atoms. The zero-order valence-corrected chi connectivity index (χ0v) is 5.99. The molecule has 0 aromatic rings. The fraction of sp³-hybridized carbons (Fsp3) is 0. The second kappa shape index (κ2) is 1.99. The molecule has 0 aromatic heterocycles. The molecule has 1 radical (unpaired) electrons. The molecule has 0 amide bonds. The summed E-state index contributed by atoms with van der Waals surface area (Å²) in [5.41, 5.74) is 7.36. The SMILES string of the molecule is [CH2]n1cccc2nc(N)cc1-2. The number of anilines is 1. The molecule has 55 valence electrons. The summed E-state index contributed by atoms with van der Waals surface area (Å²) >= 11 is 0. The van der Waals surface area contributed by atoms with Gasteiger partial charge in [0.25, 0.3) is 0 Å². The van der Waals surface area contributed by atoms with E-state index < -0.39 is 0 Å². The molecule has 2 N–H and O–H groups in total. The van der Waals surface area contributed by atoms with Gasteiger partial charge >= 0.3 is 0 Å². The maximum absolute atomic E-state index is 5.51. The fourth-order valence-corrected chi connectivity index (χ4v) is 1.11. The van der Waals surface area contributed by atoms with Crippen LogP contribution in [0.2, 0.25) is 0 Å². The predicted octanol–water partition coefficient (Wildman–Crippen LogP) is 1.21. The quantitative estimate of drug-likeness (QED) is 0.607. The van der Waals surface area contributed by atoms with Crippen molar-refractivity contribution in [2.75, 3.05) is 5.73 Å². The second-order valence-corrected chi connectivity index (χ2v) is 2.43. The van der Waals surface area contributed by atoms with Gasteiger partial charge in [-0.25, -0.2) is 4.98 Å². The van der Waals surface area contributed by atoms with Gasteiger partial charge in [0.15, 0.2) is 0 Å². The number of nitrogen functional groups attached to an aromatic ring is 1. The average Bonchev–Trinajstić information content (AvgIpc) is 2.31. The first-order valence-electron chi connectivity index (χ1n) is 3.32. The van der Waals surface area contributed by atoms with Crippen molar-refractivity contribution in [2.24, 2.45) is 0 Å². The fourth-order valence-electron chi connectivity index (χ4n) is 1.11. The Kier molecular flexibility index (Phi) is 1.12. The van der Waals surface area contributed by atoms with Gasteiger partial charge in [-0.05, 0) is 12.1 Å². The highest BCUT2D eigenvalue weighted by atomic mass is 15.0. The van der Waals surface area contributed by atoms with E-state index in [4.69, 9.17) is 5.73 Å². The topological polar surface area (TPSA) is 43.8 Å². The Labute approximate surface area is 64.8 Å². The van der Waals surface area contributed by atoms with Gasteiger partial charge in [0.2, 0.25) is 0 Å². The Morgan fingerprint density at radius 3 is 3.09 bits per heavy atom. The highest BCUT2D eigenvalue weighted by Gasteiger charge is 2.06. The summed E-state index contributed by atoms with van der Waals surface area (Å²) in [7, 11) is 3.78. The van der Waals surface area contributed by atoms with E-state index in [2.05, 4.69) is 12.0 Å². The Morgan fingerprint density at radius 1 is 1.55 bits per heavy atom. The molecule has 3 heteroatoms. The van der Waals surface area contributed by atoms with Crippen LogP contribution >= 0.6 is 0 Å². The summed E-state index contributed by atoms with van der Waals surface area (Å²) in [6, 6.07) is 5.61. The van der Waals surface area contributed by atoms with Crippen LogP contribution in [0.3, 0.4) is 0 Å². The summed E-state index contributed by atoms with van der Waals surface area (Å²) < 4.78 is 1.75. The first-order valence-corrected chi connectivity index (χ1v) is 3.32. The van der Waals surface area contributed by atoms with E-state index in [1.165, 1.54) is 0 Å².